The zero-order valence-electron chi connectivity index (χ0n) is 13.9. The summed E-state index contributed by atoms with van der Waals surface area (Å²) in [6.45, 7) is 0.693. The molecule has 0 aliphatic rings. The van der Waals surface area contributed by atoms with Crippen LogP contribution in [0, 0.1) is 0 Å². The van der Waals surface area contributed by atoms with Crippen molar-refractivity contribution in [2.75, 3.05) is 5.75 Å². The highest BCUT2D eigenvalue weighted by molar-refractivity contribution is 8.00. The highest BCUT2D eigenvalue weighted by Crippen LogP contribution is 2.19. The van der Waals surface area contributed by atoms with Crippen molar-refractivity contribution in [2.24, 2.45) is 5.10 Å². The van der Waals surface area contributed by atoms with Gasteiger partial charge in [-0.05, 0) is 29.8 Å². The van der Waals surface area contributed by atoms with Crippen molar-refractivity contribution in [1.82, 2.24) is 15.2 Å². The quantitative estimate of drug-likeness (QED) is 0.382. The molecule has 132 valence electrons. The van der Waals surface area contributed by atoms with Gasteiger partial charge in [0.2, 0.25) is 5.91 Å². The topological polar surface area (TPSA) is 59.3 Å². The number of carbonyl (C=O) groups excluding carboxylic acids is 1. The summed E-state index contributed by atoms with van der Waals surface area (Å²) < 4.78 is 1.83. The molecule has 7 heteroatoms. The van der Waals surface area contributed by atoms with Gasteiger partial charge >= 0.3 is 0 Å². The molecular weight excluding hydrogens is 368 g/mol. The predicted octanol–water partition coefficient (Wildman–Crippen LogP) is 3.83. The maximum atomic E-state index is 11.8. The molecule has 0 fully saturated rings. The first-order chi connectivity index (χ1) is 12.7. The van der Waals surface area contributed by atoms with Crippen LogP contribution in [-0.2, 0) is 11.3 Å². The number of halogens is 1. The predicted molar refractivity (Wildman–Crippen MR) is 106 cm³/mol. The fourth-order valence-corrected chi connectivity index (χ4v) is 3.01. The third kappa shape index (κ3) is 5.75. The zero-order chi connectivity index (χ0) is 18.2. The molecule has 2 aromatic carbocycles. The average molecular weight is 385 g/mol. The van der Waals surface area contributed by atoms with Crippen LogP contribution in [0.3, 0.4) is 0 Å². The van der Waals surface area contributed by atoms with E-state index in [1.807, 2.05) is 53.3 Å². The Morgan fingerprint density at radius 3 is 2.73 bits per heavy atom. The van der Waals surface area contributed by atoms with Gasteiger partial charge in [0.05, 0.1) is 24.7 Å². The molecule has 1 N–H and O–H groups in total. The largest absolute Gasteiger partial charge is 0.272 e. The van der Waals surface area contributed by atoms with Gasteiger partial charge in [-0.3, -0.25) is 9.48 Å². The number of amides is 1. The number of rotatable bonds is 7. The van der Waals surface area contributed by atoms with Crippen molar-refractivity contribution in [1.29, 1.82) is 0 Å². The third-order valence-corrected chi connectivity index (χ3v) is 4.69. The Hall–Kier alpha value is -2.57. The van der Waals surface area contributed by atoms with E-state index >= 15 is 0 Å². The lowest BCUT2D eigenvalue weighted by atomic mass is 10.2. The van der Waals surface area contributed by atoms with Crippen LogP contribution in [0.4, 0.5) is 0 Å². The molecule has 0 bridgehead atoms. The number of thioether (sulfide) groups is 1. The van der Waals surface area contributed by atoms with Gasteiger partial charge in [0, 0.05) is 21.7 Å². The van der Waals surface area contributed by atoms with Crippen molar-refractivity contribution in [3.63, 3.8) is 0 Å². The van der Waals surface area contributed by atoms with Crippen LogP contribution >= 0.6 is 23.4 Å². The van der Waals surface area contributed by atoms with Crippen LogP contribution in [0.2, 0.25) is 5.02 Å². The number of nitrogens with one attached hydrogen (secondary N) is 1. The molecule has 1 heterocycles. The van der Waals surface area contributed by atoms with Crippen molar-refractivity contribution in [3.05, 3.63) is 83.1 Å². The summed E-state index contributed by atoms with van der Waals surface area (Å²) >= 11 is 7.26. The second kappa shape index (κ2) is 9.22. The summed E-state index contributed by atoms with van der Waals surface area (Å²) in [5, 5.41) is 8.94. The van der Waals surface area contributed by atoms with E-state index in [1.165, 1.54) is 17.3 Å². The van der Waals surface area contributed by atoms with E-state index in [0.29, 0.717) is 11.6 Å². The maximum Gasteiger partial charge on any atom is 0.250 e. The highest BCUT2D eigenvalue weighted by atomic mass is 35.5. The number of benzene rings is 2. The third-order valence-electron chi connectivity index (χ3n) is 3.43. The summed E-state index contributed by atoms with van der Waals surface area (Å²) in [5.74, 6) is 0.115. The van der Waals surface area contributed by atoms with Gasteiger partial charge in [0.15, 0.2) is 0 Å². The van der Waals surface area contributed by atoms with E-state index in [0.717, 1.165) is 10.5 Å². The average Bonchev–Trinajstić information content (AvgIpc) is 3.09. The van der Waals surface area contributed by atoms with Crippen LogP contribution in [0.5, 0.6) is 0 Å². The normalized spacial score (nSPS) is 11.0. The molecule has 0 aliphatic heterocycles. The number of aromatic nitrogens is 2. The van der Waals surface area contributed by atoms with E-state index in [-0.39, 0.29) is 11.7 Å². The standard InChI is InChI=1S/C19H17ClN4OS/c20-17-6-8-18(9-7-17)26-14-19(25)23-21-10-16-11-22-24(13-16)12-15-4-2-1-3-5-15/h1-11,13H,12,14H2,(H,23,25)/b21-10-. The number of hydrogen-bond donors (Lipinski definition) is 1. The molecule has 0 unspecified atom stereocenters. The minimum Gasteiger partial charge on any atom is -0.272 e. The Kier molecular flexibility index (Phi) is 6.46. The number of carbonyl (C=O) groups is 1. The number of hydrazone groups is 1. The lowest BCUT2D eigenvalue weighted by molar-refractivity contribution is -0.118. The summed E-state index contributed by atoms with van der Waals surface area (Å²) in [7, 11) is 0. The zero-order valence-corrected chi connectivity index (χ0v) is 15.5. The molecule has 0 spiro atoms. The second-order valence-electron chi connectivity index (χ2n) is 5.49. The first-order valence-corrected chi connectivity index (χ1v) is 9.32. The molecule has 0 radical (unpaired) electrons. The fraction of sp³-hybridized carbons (Fsp3) is 0.105. The van der Waals surface area contributed by atoms with E-state index < -0.39 is 0 Å². The molecule has 5 nitrogen and oxygen atoms in total. The fourth-order valence-electron chi connectivity index (χ4n) is 2.19. The molecule has 0 saturated carbocycles. The summed E-state index contributed by atoms with van der Waals surface area (Å²) in [5.41, 5.74) is 4.52. The Balaban J connectivity index is 1.44. The Morgan fingerprint density at radius 1 is 1.19 bits per heavy atom. The van der Waals surface area contributed by atoms with Gasteiger partial charge in [-0.2, -0.15) is 10.2 Å². The minimum atomic E-state index is -0.169. The maximum absolute atomic E-state index is 11.8. The lowest BCUT2D eigenvalue weighted by Crippen LogP contribution is -2.19. The molecule has 0 saturated heterocycles. The van der Waals surface area contributed by atoms with Gasteiger partial charge in [0.1, 0.15) is 0 Å². The monoisotopic (exact) mass is 384 g/mol. The first kappa shape index (κ1) is 18.2. The molecule has 0 aliphatic carbocycles. The molecule has 3 aromatic rings. The summed E-state index contributed by atoms with van der Waals surface area (Å²) in [4.78, 5) is 12.8. The van der Waals surface area contributed by atoms with Crippen LogP contribution in [0.15, 0.2) is 77.0 Å². The van der Waals surface area contributed by atoms with E-state index in [4.69, 9.17) is 11.6 Å². The Bertz CT molecular complexity index is 878. The van der Waals surface area contributed by atoms with Gasteiger partial charge in [-0.1, -0.05) is 41.9 Å². The lowest BCUT2D eigenvalue weighted by Gasteiger charge is -2.01. The van der Waals surface area contributed by atoms with Crippen molar-refractivity contribution in [2.45, 2.75) is 11.4 Å². The smallest absolute Gasteiger partial charge is 0.250 e. The molecule has 0 atom stereocenters. The van der Waals surface area contributed by atoms with Gasteiger partial charge < -0.3 is 0 Å². The van der Waals surface area contributed by atoms with Crippen molar-refractivity contribution in [3.8, 4) is 0 Å². The van der Waals surface area contributed by atoms with Gasteiger partial charge in [-0.15, -0.1) is 11.8 Å². The van der Waals surface area contributed by atoms with Crippen LogP contribution in [0.1, 0.15) is 11.1 Å². The summed E-state index contributed by atoms with van der Waals surface area (Å²) in [6, 6.07) is 17.4. The second-order valence-corrected chi connectivity index (χ2v) is 6.98. The van der Waals surface area contributed by atoms with E-state index in [9.17, 15) is 4.79 Å². The number of nitrogens with zero attached hydrogens (tertiary/aromatic N) is 3. The molecular formula is C19H17ClN4OS. The summed E-state index contributed by atoms with van der Waals surface area (Å²) in [6.07, 6.45) is 5.17. The SMILES string of the molecule is O=C(CSc1ccc(Cl)cc1)N/N=C\c1cnn(Cc2ccccc2)c1. The minimum absolute atomic E-state index is 0.169. The van der Waals surface area contributed by atoms with E-state index in [2.05, 4.69) is 15.6 Å². The van der Waals surface area contributed by atoms with Crippen LogP contribution in [-0.4, -0.2) is 27.7 Å². The van der Waals surface area contributed by atoms with Crippen LogP contribution in [0.25, 0.3) is 0 Å². The van der Waals surface area contributed by atoms with E-state index in [1.54, 1.807) is 24.5 Å². The van der Waals surface area contributed by atoms with Crippen LogP contribution < -0.4 is 5.43 Å². The Labute approximate surface area is 161 Å². The number of hydrogen-bond acceptors (Lipinski definition) is 4. The molecule has 1 amide bonds. The van der Waals surface area contributed by atoms with Crippen molar-refractivity contribution < 1.29 is 4.79 Å². The van der Waals surface area contributed by atoms with Gasteiger partial charge in [-0.25, -0.2) is 5.43 Å². The van der Waals surface area contributed by atoms with Crippen molar-refractivity contribution >= 4 is 35.5 Å². The Morgan fingerprint density at radius 2 is 1.96 bits per heavy atom. The van der Waals surface area contributed by atoms with Gasteiger partial charge in [0.25, 0.3) is 0 Å². The molecule has 26 heavy (non-hydrogen) atoms. The molecule has 1 aromatic heterocycles. The highest BCUT2D eigenvalue weighted by Gasteiger charge is 2.02. The molecule has 3 rings (SSSR count). The first-order valence-electron chi connectivity index (χ1n) is 7.96.